The number of benzene rings is 2. The van der Waals surface area contributed by atoms with Crippen molar-refractivity contribution in [1.82, 2.24) is 4.90 Å². The lowest BCUT2D eigenvalue weighted by Gasteiger charge is -2.14. The molecular weight excluding hydrogens is 420 g/mol. The highest BCUT2D eigenvalue weighted by molar-refractivity contribution is 8.26. The average molecular weight is 443 g/mol. The standard InChI is InChI=1S/C22H22N2O4S2/c1-3-28-18-10-6-16(7-11-18)23-20(25)12-13-24-21(26)19(30-22(24)29)14-15-4-8-17(27-2)9-5-15/h4-11,14H,3,12-13H2,1-2H3,(H,23,25)/b19-14-. The van der Waals surface area contributed by atoms with Crippen molar-refractivity contribution >= 4 is 51.9 Å². The third kappa shape index (κ3) is 5.61. The van der Waals surface area contributed by atoms with E-state index in [2.05, 4.69) is 5.32 Å². The average Bonchev–Trinajstić information content (AvgIpc) is 3.01. The van der Waals surface area contributed by atoms with Crippen molar-refractivity contribution in [3.8, 4) is 11.5 Å². The van der Waals surface area contributed by atoms with Crippen molar-refractivity contribution in [2.45, 2.75) is 13.3 Å². The second-order valence-corrected chi connectivity index (χ2v) is 8.04. The van der Waals surface area contributed by atoms with Gasteiger partial charge in [-0.3, -0.25) is 14.5 Å². The van der Waals surface area contributed by atoms with Crippen LogP contribution in [-0.4, -0.2) is 41.3 Å². The molecule has 2 amide bonds. The van der Waals surface area contributed by atoms with Crippen molar-refractivity contribution in [1.29, 1.82) is 0 Å². The van der Waals surface area contributed by atoms with Crippen LogP contribution >= 0.6 is 24.0 Å². The molecule has 30 heavy (non-hydrogen) atoms. The minimum absolute atomic E-state index is 0.148. The minimum atomic E-state index is -0.188. The molecule has 2 aromatic carbocycles. The second-order valence-electron chi connectivity index (χ2n) is 6.36. The molecule has 6 nitrogen and oxygen atoms in total. The number of rotatable bonds is 8. The number of hydrogen-bond acceptors (Lipinski definition) is 6. The SMILES string of the molecule is CCOc1ccc(NC(=O)CCN2C(=O)/C(=C/c3ccc(OC)cc3)SC2=S)cc1. The largest absolute Gasteiger partial charge is 0.497 e. The zero-order chi connectivity index (χ0) is 21.5. The summed E-state index contributed by atoms with van der Waals surface area (Å²) in [5.74, 6) is 1.12. The highest BCUT2D eigenvalue weighted by Crippen LogP contribution is 2.32. The Kier molecular flexibility index (Phi) is 7.48. The Morgan fingerprint density at radius 2 is 1.80 bits per heavy atom. The Labute approximate surface area is 185 Å². The van der Waals surface area contributed by atoms with Gasteiger partial charge in [-0.1, -0.05) is 36.1 Å². The van der Waals surface area contributed by atoms with Crippen LogP contribution in [0.15, 0.2) is 53.4 Å². The molecular formula is C22H22N2O4S2. The molecule has 0 aliphatic carbocycles. The Morgan fingerprint density at radius 1 is 1.13 bits per heavy atom. The summed E-state index contributed by atoms with van der Waals surface area (Å²) < 4.78 is 11.0. The van der Waals surface area contributed by atoms with E-state index >= 15 is 0 Å². The van der Waals surface area contributed by atoms with Gasteiger partial charge in [-0.05, 0) is 55.0 Å². The van der Waals surface area contributed by atoms with Crippen LogP contribution < -0.4 is 14.8 Å². The van der Waals surface area contributed by atoms with Crippen LogP contribution in [0.4, 0.5) is 5.69 Å². The first-order chi connectivity index (χ1) is 14.5. The van der Waals surface area contributed by atoms with Gasteiger partial charge in [0.05, 0.1) is 18.6 Å². The van der Waals surface area contributed by atoms with Gasteiger partial charge in [-0.2, -0.15) is 0 Å². The molecule has 1 N–H and O–H groups in total. The molecule has 2 aromatic rings. The monoisotopic (exact) mass is 442 g/mol. The molecule has 0 bridgehead atoms. The molecule has 1 heterocycles. The Balaban J connectivity index is 1.55. The summed E-state index contributed by atoms with van der Waals surface area (Å²) in [5, 5.41) is 2.82. The maximum atomic E-state index is 12.7. The predicted octanol–water partition coefficient (Wildman–Crippen LogP) is 4.32. The molecule has 0 atom stereocenters. The maximum absolute atomic E-state index is 12.7. The predicted molar refractivity (Wildman–Crippen MR) is 124 cm³/mol. The fourth-order valence-electron chi connectivity index (χ4n) is 2.78. The summed E-state index contributed by atoms with van der Waals surface area (Å²) in [6.45, 7) is 2.73. The number of carbonyl (C=O) groups is 2. The molecule has 1 aliphatic rings. The van der Waals surface area contributed by atoms with E-state index in [1.165, 1.54) is 16.7 Å². The van der Waals surface area contributed by atoms with Crippen LogP contribution in [0, 0.1) is 0 Å². The number of nitrogens with one attached hydrogen (secondary N) is 1. The highest BCUT2D eigenvalue weighted by atomic mass is 32.2. The molecule has 0 aromatic heterocycles. The zero-order valence-electron chi connectivity index (χ0n) is 16.7. The third-order valence-electron chi connectivity index (χ3n) is 4.30. The first-order valence-corrected chi connectivity index (χ1v) is 10.6. The topological polar surface area (TPSA) is 67.9 Å². The number of hydrogen-bond donors (Lipinski definition) is 1. The van der Waals surface area contributed by atoms with E-state index in [4.69, 9.17) is 21.7 Å². The van der Waals surface area contributed by atoms with Crippen LogP contribution in [0.3, 0.4) is 0 Å². The number of thiocarbonyl (C=S) groups is 1. The van der Waals surface area contributed by atoms with Gasteiger partial charge in [-0.25, -0.2) is 0 Å². The van der Waals surface area contributed by atoms with Crippen molar-refractivity contribution < 1.29 is 19.1 Å². The number of nitrogens with zero attached hydrogens (tertiary/aromatic N) is 1. The number of anilines is 1. The van der Waals surface area contributed by atoms with E-state index in [1.54, 1.807) is 37.5 Å². The van der Waals surface area contributed by atoms with Gasteiger partial charge >= 0.3 is 0 Å². The summed E-state index contributed by atoms with van der Waals surface area (Å²) in [4.78, 5) is 27.0. The molecule has 8 heteroatoms. The van der Waals surface area contributed by atoms with Crippen molar-refractivity contribution in [3.05, 3.63) is 59.0 Å². The number of ether oxygens (including phenoxy) is 2. The van der Waals surface area contributed by atoms with Gasteiger partial charge in [0.25, 0.3) is 5.91 Å². The summed E-state index contributed by atoms with van der Waals surface area (Å²) in [6.07, 6.45) is 1.94. The molecule has 0 radical (unpaired) electrons. The molecule has 0 spiro atoms. The molecule has 1 saturated heterocycles. The molecule has 3 rings (SSSR count). The summed E-state index contributed by atoms with van der Waals surface area (Å²) >= 11 is 6.57. The molecule has 1 aliphatic heterocycles. The van der Waals surface area contributed by atoms with Crippen LogP contribution in [0.5, 0.6) is 11.5 Å². The normalized spacial score (nSPS) is 14.9. The smallest absolute Gasteiger partial charge is 0.266 e. The zero-order valence-corrected chi connectivity index (χ0v) is 18.3. The first-order valence-electron chi connectivity index (χ1n) is 9.42. The van der Waals surface area contributed by atoms with Crippen LogP contribution in [0.25, 0.3) is 6.08 Å². The highest BCUT2D eigenvalue weighted by Gasteiger charge is 2.32. The van der Waals surface area contributed by atoms with E-state index in [0.29, 0.717) is 21.5 Å². The van der Waals surface area contributed by atoms with Gasteiger partial charge in [0.2, 0.25) is 5.91 Å². The molecule has 0 unspecified atom stereocenters. The number of carbonyl (C=O) groups excluding carboxylic acids is 2. The molecule has 1 fully saturated rings. The van der Waals surface area contributed by atoms with Gasteiger partial charge in [0.1, 0.15) is 15.8 Å². The maximum Gasteiger partial charge on any atom is 0.266 e. The fourth-order valence-corrected chi connectivity index (χ4v) is 4.09. The van der Waals surface area contributed by atoms with Crippen molar-refractivity contribution in [2.75, 3.05) is 25.6 Å². The summed E-state index contributed by atoms with van der Waals surface area (Å²) in [6, 6.07) is 14.6. The van der Waals surface area contributed by atoms with Crippen LogP contribution in [0.2, 0.25) is 0 Å². The summed E-state index contributed by atoms with van der Waals surface area (Å²) in [7, 11) is 1.60. The second kappa shape index (κ2) is 10.3. The summed E-state index contributed by atoms with van der Waals surface area (Å²) in [5.41, 5.74) is 1.55. The number of amides is 2. The number of methoxy groups -OCH3 is 1. The molecule has 156 valence electrons. The minimum Gasteiger partial charge on any atom is -0.497 e. The van der Waals surface area contributed by atoms with Crippen molar-refractivity contribution in [2.24, 2.45) is 0 Å². The van der Waals surface area contributed by atoms with Gasteiger partial charge in [-0.15, -0.1) is 0 Å². The van der Waals surface area contributed by atoms with E-state index in [0.717, 1.165) is 17.1 Å². The van der Waals surface area contributed by atoms with Crippen LogP contribution in [-0.2, 0) is 9.59 Å². The van der Waals surface area contributed by atoms with Gasteiger partial charge in [0, 0.05) is 18.7 Å². The van der Waals surface area contributed by atoms with Gasteiger partial charge in [0.15, 0.2) is 0 Å². The quantitative estimate of drug-likeness (QED) is 0.485. The third-order valence-corrected chi connectivity index (χ3v) is 5.68. The fraction of sp³-hybridized carbons (Fsp3) is 0.227. The Bertz CT molecular complexity index is 956. The molecule has 0 saturated carbocycles. The first kappa shape index (κ1) is 21.9. The van der Waals surface area contributed by atoms with E-state index in [-0.39, 0.29) is 24.8 Å². The van der Waals surface area contributed by atoms with Crippen LogP contribution in [0.1, 0.15) is 18.9 Å². The van der Waals surface area contributed by atoms with E-state index in [9.17, 15) is 9.59 Å². The number of thioether (sulfide) groups is 1. The lowest BCUT2D eigenvalue weighted by atomic mass is 10.2. The lowest BCUT2D eigenvalue weighted by Crippen LogP contribution is -2.31. The Morgan fingerprint density at radius 3 is 2.43 bits per heavy atom. The Hall–Kier alpha value is -2.84. The van der Waals surface area contributed by atoms with Gasteiger partial charge < -0.3 is 14.8 Å². The van der Waals surface area contributed by atoms with Crippen molar-refractivity contribution in [3.63, 3.8) is 0 Å². The van der Waals surface area contributed by atoms with E-state index in [1.807, 2.05) is 31.2 Å². The van der Waals surface area contributed by atoms with E-state index < -0.39 is 0 Å². The lowest BCUT2D eigenvalue weighted by molar-refractivity contribution is -0.122.